The molecule has 1 atom stereocenters. The Bertz CT molecular complexity index is 1240. The molecule has 0 spiro atoms. The van der Waals surface area contributed by atoms with Gasteiger partial charge < -0.3 is 10.2 Å². The molecule has 1 fully saturated rings. The first-order valence-corrected chi connectivity index (χ1v) is 11.8. The van der Waals surface area contributed by atoms with Crippen molar-refractivity contribution in [2.45, 2.75) is 31.6 Å². The number of carbonyl (C=O) groups is 1. The van der Waals surface area contributed by atoms with Crippen molar-refractivity contribution in [2.24, 2.45) is 11.1 Å². The van der Waals surface area contributed by atoms with E-state index in [0.717, 1.165) is 36.6 Å². The summed E-state index contributed by atoms with van der Waals surface area (Å²) in [4.78, 5) is 23.7. The Morgan fingerprint density at radius 2 is 1.84 bits per heavy atom. The lowest BCUT2D eigenvalue weighted by Crippen LogP contribution is -2.41. The molecular weight excluding hydrogens is 430 g/mol. The van der Waals surface area contributed by atoms with Gasteiger partial charge in [0.2, 0.25) is 15.9 Å². The average Bonchev–Trinajstić information content (AvgIpc) is 3.11. The lowest BCUT2D eigenvalue weighted by Gasteiger charge is -2.33. The van der Waals surface area contributed by atoms with Gasteiger partial charge in [0.15, 0.2) is 5.82 Å². The van der Waals surface area contributed by atoms with Crippen molar-refractivity contribution in [1.29, 1.82) is 0 Å². The number of carbonyl (C=O) groups excluding carboxylic acids is 1. The molecule has 1 saturated heterocycles. The molecule has 0 bridgehead atoms. The number of hydrogen-bond acceptors (Lipinski definition) is 7. The lowest BCUT2D eigenvalue weighted by molar-refractivity contribution is -0.120. The summed E-state index contributed by atoms with van der Waals surface area (Å²) in [5.74, 6) is 1.08. The Morgan fingerprint density at radius 1 is 1.12 bits per heavy atom. The predicted molar refractivity (Wildman–Crippen MR) is 120 cm³/mol. The zero-order chi connectivity index (χ0) is 22.9. The molecular formula is C21H25N7O3S. The van der Waals surface area contributed by atoms with Crippen molar-refractivity contribution in [2.75, 3.05) is 23.3 Å². The van der Waals surface area contributed by atoms with E-state index in [-0.39, 0.29) is 16.7 Å². The fourth-order valence-electron chi connectivity index (χ4n) is 3.86. The number of anilines is 2. The van der Waals surface area contributed by atoms with Crippen molar-refractivity contribution in [3.8, 4) is 5.82 Å². The molecule has 3 heterocycles. The van der Waals surface area contributed by atoms with Crippen LogP contribution >= 0.6 is 0 Å². The van der Waals surface area contributed by atoms with E-state index in [1.165, 1.54) is 30.6 Å². The van der Waals surface area contributed by atoms with Crippen molar-refractivity contribution in [3.63, 3.8) is 0 Å². The third-order valence-electron chi connectivity index (χ3n) is 5.43. The number of piperidine rings is 1. The minimum absolute atomic E-state index is 0.00141. The summed E-state index contributed by atoms with van der Waals surface area (Å²) in [6.45, 7) is 5.22. The van der Waals surface area contributed by atoms with Crippen molar-refractivity contribution < 1.29 is 13.2 Å². The number of sulfonamides is 1. The van der Waals surface area contributed by atoms with Crippen molar-refractivity contribution in [1.82, 2.24) is 19.7 Å². The predicted octanol–water partition coefficient (Wildman–Crippen LogP) is 1.78. The summed E-state index contributed by atoms with van der Waals surface area (Å²) in [5.41, 5.74) is 2.42. The summed E-state index contributed by atoms with van der Waals surface area (Å²) in [6.07, 6.45) is 3.12. The lowest BCUT2D eigenvalue weighted by atomic mass is 9.97. The highest BCUT2D eigenvalue weighted by Gasteiger charge is 2.27. The number of nitrogens with one attached hydrogen (secondary N) is 1. The Labute approximate surface area is 186 Å². The second-order valence-corrected chi connectivity index (χ2v) is 9.48. The second-order valence-electron chi connectivity index (χ2n) is 7.92. The molecule has 4 rings (SSSR count). The number of rotatable bonds is 5. The number of hydrogen-bond donors (Lipinski definition) is 2. The molecule has 0 radical (unpaired) electrons. The van der Waals surface area contributed by atoms with Crippen LogP contribution in [0.25, 0.3) is 5.82 Å². The molecule has 0 aliphatic carbocycles. The fourth-order valence-corrected chi connectivity index (χ4v) is 4.37. The topological polar surface area (TPSA) is 136 Å². The highest BCUT2D eigenvalue weighted by molar-refractivity contribution is 7.89. The van der Waals surface area contributed by atoms with Crippen molar-refractivity contribution >= 4 is 27.4 Å². The number of primary sulfonamides is 1. The van der Waals surface area contributed by atoms with E-state index in [0.29, 0.717) is 18.1 Å². The zero-order valence-corrected chi connectivity index (χ0v) is 18.7. The maximum absolute atomic E-state index is 12.8. The van der Waals surface area contributed by atoms with Gasteiger partial charge in [-0.25, -0.2) is 28.2 Å². The smallest absolute Gasteiger partial charge is 0.238 e. The maximum atomic E-state index is 12.8. The van der Waals surface area contributed by atoms with Gasteiger partial charge in [-0.1, -0.05) is 0 Å². The molecule has 0 saturated carbocycles. The van der Waals surface area contributed by atoms with Gasteiger partial charge in [0.05, 0.1) is 16.5 Å². The van der Waals surface area contributed by atoms with E-state index in [9.17, 15) is 13.2 Å². The van der Waals surface area contributed by atoms with Crippen LogP contribution in [0.4, 0.5) is 11.5 Å². The van der Waals surface area contributed by atoms with Gasteiger partial charge in [-0.2, -0.15) is 5.10 Å². The highest BCUT2D eigenvalue weighted by Crippen LogP contribution is 2.24. The summed E-state index contributed by atoms with van der Waals surface area (Å²) in [6, 6.07) is 9.68. The number of aryl methyl sites for hydroxylation is 2. The molecule has 1 amide bonds. The number of nitrogens with two attached hydrogens (primary N) is 1. The van der Waals surface area contributed by atoms with Crippen LogP contribution in [0.2, 0.25) is 0 Å². The van der Waals surface area contributed by atoms with Gasteiger partial charge in [-0.05, 0) is 57.0 Å². The number of nitrogens with zero attached hydrogens (tertiary/aromatic N) is 5. The first-order valence-electron chi connectivity index (χ1n) is 10.2. The SMILES string of the molecule is Cc1cc(C)n(-c2cc(N3CCCC(C(=O)Nc4ccc(S(N)(=O)=O)cc4)C3)ncn2)n1. The minimum Gasteiger partial charge on any atom is -0.356 e. The molecule has 11 heteroatoms. The Balaban J connectivity index is 1.46. The summed E-state index contributed by atoms with van der Waals surface area (Å²) >= 11 is 0. The van der Waals surface area contributed by atoms with E-state index < -0.39 is 10.0 Å². The van der Waals surface area contributed by atoms with Crippen LogP contribution < -0.4 is 15.4 Å². The normalized spacial score (nSPS) is 16.7. The molecule has 1 unspecified atom stereocenters. The third kappa shape index (κ3) is 4.78. The quantitative estimate of drug-likeness (QED) is 0.598. The van der Waals surface area contributed by atoms with Crippen LogP contribution in [-0.4, -0.2) is 47.2 Å². The van der Waals surface area contributed by atoms with E-state index >= 15 is 0 Å². The van der Waals surface area contributed by atoms with Gasteiger partial charge >= 0.3 is 0 Å². The highest BCUT2D eigenvalue weighted by atomic mass is 32.2. The van der Waals surface area contributed by atoms with Crippen LogP contribution in [-0.2, 0) is 14.8 Å². The molecule has 3 N–H and O–H groups in total. The molecule has 1 aromatic carbocycles. The van der Waals surface area contributed by atoms with E-state index in [1.54, 1.807) is 4.68 Å². The first kappa shape index (κ1) is 21.9. The third-order valence-corrected chi connectivity index (χ3v) is 6.36. The molecule has 32 heavy (non-hydrogen) atoms. The van der Waals surface area contributed by atoms with Gasteiger partial charge in [0, 0.05) is 30.5 Å². The largest absolute Gasteiger partial charge is 0.356 e. The Kier molecular flexibility index (Phi) is 5.94. The summed E-state index contributed by atoms with van der Waals surface area (Å²) in [5, 5.41) is 12.5. The average molecular weight is 456 g/mol. The zero-order valence-electron chi connectivity index (χ0n) is 17.9. The minimum atomic E-state index is -3.77. The molecule has 168 valence electrons. The van der Waals surface area contributed by atoms with Gasteiger partial charge in [-0.3, -0.25) is 4.79 Å². The number of aromatic nitrogens is 4. The fraction of sp³-hybridized carbons (Fsp3) is 0.333. The van der Waals surface area contributed by atoms with Gasteiger partial charge in [-0.15, -0.1) is 0 Å². The summed E-state index contributed by atoms with van der Waals surface area (Å²) in [7, 11) is -3.77. The van der Waals surface area contributed by atoms with Crippen molar-refractivity contribution in [3.05, 3.63) is 54.1 Å². The van der Waals surface area contributed by atoms with E-state index in [2.05, 4.69) is 25.3 Å². The second kappa shape index (κ2) is 8.67. The van der Waals surface area contributed by atoms with E-state index in [1.807, 2.05) is 26.0 Å². The van der Waals surface area contributed by atoms with Crippen LogP contribution in [0, 0.1) is 19.8 Å². The molecule has 10 nitrogen and oxygen atoms in total. The van der Waals surface area contributed by atoms with Gasteiger partial charge in [0.25, 0.3) is 0 Å². The molecule has 3 aromatic rings. The van der Waals surface area contributed by atoms with Crippen LogP contribution in [0.5, 0.6) is 0 Å². The Morgan fingerprint density at radius 3 is 2.50 bits per heavy atom. The van der Waals surface area contributed by atoms with Crippen LogP contribution in [0.15, 0.2) is 47.6 Å². The summed E-state index contributed by atoms with van der Waals surface area (Å²) < 4.78 is 24.6. The monoisotopic (exact) mass is 455 g/mol. The van der Waals surface area contributed by atoms with Gasteiger partial charge in [0.1, 0.15) is 12.1 Å². The van der Waals surface area contributed by atoms with Crippen LogP contribution in [0.1, 0.15) is 24.2 Å². The standard InChI is InChI=1S/C21H25N7O3S/c1-14-10-15(2)28(26-14)20-11-19(23-13-24-20)27-9-3-4-16(12-27)21(29)25-17-5-7-18(8-6-17)32(22,30)31/h5-8,10-11,13,16H,3-4,9,12H2,1-2H3,(H,25,29)(H2,22,30,31). The molecule has 1 aliphatic heterocycles. The first-order chi connectivity index (χ1) is 15.2. The number of benzene rings is 1. The maximum Gasteiger partial charge on any atom is 0.238 e. The van der Waals surface area contributed by atoms with E-state index in [4.69, 9.17) is 5.14 Å². The molecule has 1 aliphatic rings. The Hall–Kier alpha value is -3.31. The van der Waals surface area contributed by atoms with Crippen LogP contribution in [0.3, 0.4) is 0 Å². The number of amides is 1. The molecule has 2 aromatic heterocycles.